The summed E-state index contributed by atoms with van der Waals surface area (Å²) in [4.78, 5) is 25.0. The SMILES string of the molecule is CCOC(=O)C1CCc2c(c(OC3OC(CO)C(O)C(O)C3O)c(OC3CCCC3)c3occ(C4CNC(=O)C4)c23)C1. The van der Waals surface area contributed by atoms with Crippen LogP contribution in [0.2, 0.25) is 0 Å². The van der Waals surface area contributed by atoms with Crippen molar-refractivity contribution in [2.45, 2.75) is 101 Å². The first-order chi connectivity index (χ1) is 20.3. The van der Waals surface area contributed by atoms with E-state index in [4.69, 9.17) is 23.4 Å². The first kappa shape index (κ1) is 29.2. The van der Waals surface area contributed by atoms with Gasteiger partial charge in [-0.15, -0.1) is 0 Å². The number of carbonyl (C=O) groups is 2. The molecule has 4 aliphatic rings. The summed E-state index contributed by atoms with van der Waals surface area (Å²) in [5.41, 5.74) is 2.90. The van der Waals surface area contributed by atoms with E-state index in [-0.39, 0.29) is 42.7 Å². The second kappa shape index (κ2) is 12.0. The molecule has 3 heterocycles. The smallest absolute Gasteiger partial charge is 0.309 e. The van der Waals surface area contributed by atoms with Gasteiger partial charge < -0.3 is 49.1 Å². The predicted molar refractivity (Wildman–Crippen MR) is 146 cm³/mol. The van der Waals surface area contributed by atoms with Crippen LogP contribution in [-0.2, 0) is 31.9 Å². The third-order valence-electron chi connectivity index (χ3n) is 9.07. The van der Waals surface area contributed by atoms with Crippen LogP contribution >= 0.6 is 0 Å². The van der Waals surface area contributed by atoms with E-state index in [0.29, 0.717) is 42.7 Å². The van der Waals surface area contributed by atoms with E-state index in [1.165, 1.54) is 0 Å². The largest absolute Gasteiger partial charge is 0.483 e. The minimum atomic E-state index is -1.64. The lowest BCUT2D eigenvalue weighted by Crippen LogP contribution is -2.60. The third kappa shape index (κ3) is 5.24. The molecule has 1 amide bonds. The topological polar surface area (TPSA) is 177 Å². The number of hydrogen-bond acceptors (Lipinski definition) is 11. The molecule has 2 aliphatic carbocycles. The van der Waals surface area contributed by atoms with Gasteiger partial charge in [0.1, 0.15) is 24.4 Å². The number of aliphatic hydroxyl groups is 4. The molecule has 230 valence electrons. The number of carbonyl (C=O) groups excluding carboxylic acids is 2. The molecule has 0 spiro atoms. The normalized spacial score (nSPS) is 31.6. The van der Waals surface area contributed by atoms with Crippen LogP contribution in [0.3, 0.4) is 0 Å². The van der Waals surface area contributed by atoms with Gasteiger partial charge in [-0.05, 0) is 57.4 Å². The molecule has 2 aliphatic heterocycles. The number of nitrogens with one attached hydrogen (secondary N) is 1. The summed E-state index contributed by atoms with van der Waals surface area (Å²) >= 11 is 0. The molecule has 0 bridgehead atoms. The fourth-order valence-corrected chi connectivity index (χ4v) is 6.81. The summed E-state index contributed by atoms with van der Waals surface area (Å²) in [5.74, 6) is -0.363. The molecule has 3 fully saturated rings. The minimum absolute atomic E-state index is 0.0319. The van der Waals surface area contributed by atoms with E-state index in [0.717, 1.165) is 42.2 Å². The maximum atomic E-state index is 12.9. The highest BCUT2D eigenvalue weighted by Gasteiger charge is 2.46. The van der Waals surface area contributed by atoms with Gasteiger partial charge in [-0.3, -0.25) is 9.59 Å². The zero-order valence-electron chi connectivity index (χ0n) is 23.6. The number of ether oxygens (including phenoxy) is 4. The Morgan fingerprint density at radius 3 is 2.50 bits per heavy atom. The lowest BCUT2D eigenvalue weighted by atomic mass is 9.80. The number of aryl methyl sites for hydroxylation is 1. The highest BCUT2D eigenvalue weighted by Crippen LogP contribution is 2.51. The number of rotatable bonds is 8. The van der Waals surface area contributed by atoms with Crippen molar-refractivity contribution in [3.8, 4) is 11.5 Å². The maximum Gasteiger partial charge on any atom is 0.309 e. The van der Waals surface area contributed by atoms with Crippen molar-refractivity contribution in [2.24, 2.45) is 5.92 Å². The van der Waals surface area contributed by atoms with Gasteiger partial charge in [0.2, 0.25) is 17.9 Å². The Hall–Kier alpha value is -2.90. The number of hydrogen-bond donors (Lipinski definition) is 5. The van der Waals surface area contributed by atoms with Crippen LogP contribution in [-0.4, -0.2) is 88.9 Å². The molecule has 7 unspecified atom stereocenters. The minimum Gasteiger partial charge on any atom is -0.483 e. The average molecular weight is 590 g/mol. The first-order valence-electron chi connectivity index (χ1n) is 15.0. The number of amides is 1. The molecule has 6 rings (SSSR count). The molecular formula is C30H39NO11. The highest BCUT2D eigenvalue weighted by atomic mass is 16.7. The maximum absolute atomic E-state index is 12.9. The summed E-state index contributed by atoms with van der Waals surface area (Å²) in [5, 5.41) is 45.1. The standard InChI is InChI=1S/C30H39NO11/c1-2-38-29(37)14-7-8-17-18(9-14)26(42-30-25(36)24(35)23(34)20(12-32)41-30)28(40-16-5-3-4-6-16)27-22(17)19(13-39-27)15-10-21(33)31-11-15/h13-16,20,23-25,30,32,34-36H,2-12H2,1H3,(H,31,33). The van der Waals surface area contributed by atoms with Crippen molar-refractivity contribution in [3.63, 3.8) is 0 Å². The third-order valence-corrected chi connectivity index (χ3v) is 9.07. The number of aliphatic hydroxyl groups excluding tert-OH is 4. The summed E-state index contributed by atoms with van der Waals surface area (Å²) in [6, 6.07) is 0. The summed E-state index contributed by atoms with van der Waals surface area (Å²) < 4.78 is 30.2. The fraction of sp³-hybridized carbons (Fsp3) is 0.667. The van der Waals surface area contributed by atoms with Gasteiger partial charge in [-0.2, -0.15) is 0 Å². The molecule has 12 heteroatoms. The Labute approximate surface area is 242 Å². The summed E-state index contributed by atoms with van der Waals surface area (Å²) in [6.45, 7) is 1.89. The molecule has 7 atom stereocenters. The lowest BCUT2D eigenvalue weighted by molar-refractivity contribution is -0.277. The molecule has 2 saturated heterocycles. The lowest BCUT2D eigenvalue weighted by Gasteiger charge is -2.40. The molecule has 2 aromatic rings. The molecule has 0 radical (unpaired) electrons. The molecule has 12 nitrogen and oxygen atoms in total. The van der Waals surface area contributed by atoms with Crippen molar-refractivity contribution in [2.75, 3.05) is 19.8 Å². The molecule has 1 saturated carbocycles. The second-order valence-electron chi connectivity index (χ2n) is 11.7. The molecule has 42 heavy (non-hydrogen) atoms. The van der Waals surface area contributed by atoms with Gasteiger partial charge in [0, 0.05) is 35.4 Å². The van der Waals surface area contributed by atoms with Gasteiger partial charge in [-0.1, -0.05) is 0 Å². The van der Waals surface area contributed by atoms with Crippen LogP contribution in [0.5, 0.6) is 11.5 Å². The predicted octanol–water partition coefficient (Wildman–Crippen LogP) is 1.20. The van der Waals surface area contributed by atoms with Crippen molar-refractivity contribution >= 4 is 22.8 Å². The Morgan fingerprint density at radius 2 is 1.81 bits per heavy atom. The van der Waals surface area contributed by atoms with Gasteiger partial charge in [0.25, 0.3) is 0 Å². The zero-order chi connectivity index (χ0) is 29.5. The number of fused-ring (bicyclic) bond motifs is 3. The second-order valence-corrected chi connectivity index (χ2v) is 11.7. The first-order valence-corrected chi connectivity index (χ1v) is 15.0. The van der Waals surface area contributed by atoms with E-state index in [2.05, 4.69) is 5.32 Å². The molecule has 5 N–H and O–H groups in total. The van der Waals surface area contributed by atoms with E-state index >= 15 is 0 Å². The Kier molecular flexibility index (Phi) is 8.34. The Morgan fingerprint density at radius 1 is 1.02 bits per heavy atom. The van der Waals surface area contributed by atoms with Crippen molar-refractivity contribution < 1.29 is 53.4 Å². The van der Waals surface area contributed by atoms with Crippen LogP contribution in [0.15, 0.2) is 10.7 Å². The Balaban J connectivity index is 1.50. The van der Waals surface area contributed by atoms with E-state index < -0.39 is 43.2 Å². The molecular weight excluding hydrogens is 550 g/mol. The van der Waals surface area contributed by atoms with Crippen LogP contribution in [0.4, 0.5) is 0 Å². The average Bonchev–Trinajstić information content (AvgIpc) is 3.76. The fourth-order valence-electron chi connectivity index (χ4n) is 6.81. The van der Waals surface area contributed by atoms with E-state index in [9.17, 15) is 30.0 Å². The molecule has 1 aromatic carbocycles. The summed E-state index contributed by atoms with van der Waals surface area (Å²) in [6.07, 6.45) is -0.573. The zero-order valence-corrected chi connectivity index (χ0v) is 23.6. The quantitative estimate of drug-likeness (QED) is 0.280. The van der Waals surface area contributed by atoms with Crippen molar-refractivity contribution in [1.29, 1.82) is 0 Å². The van der Waals surface area contributed by atoms with Crippen molar-refractivity contribution in [3.05, 3.63) is 23.0 Å². The number of esters is 1. The van der Waals surface area contributed by atoms with Crippen LogP contribution in [0.1, 0.15) is 68.1 Å². The van der Waals surface area contributed by atoms with Crippen LogP contribution in [0.25, 0.3) is 11.0 Å². The van der Waals surface area contributed by atoms with Gasteiger partial charge in [0.05, 0.1) is 31.5 Å². The number of benzene rings is 1. The Bertz CT molecular complexity index is 1320. The van der Waals surface area contributed by atoms with Crippen LogP contribution < -0.4 is 14.8 Å². The van der Waals surface area contributed by atoms with Gasteiger partial charge in [0.15, 0.2) is 11.3 Å². The van der Waals surface area contributed by atoms with Gasteiger partial charge >= 0.3 is 5.97 Å². The van der Waals surface area contributed by atoms with E-state index in [1.807, 2.05) is 0 Å². The monoisotopic (exact) mass is 589 g/mol. The van der Waals surface area contributed by atoms with Crippen molar-refractivity contribution in [1.82, 2.24) is 5.32 Å². The highest BCUT2D eigenvalue weighted by molar-refractivity contribution is 5.95. The van der Waals surface area contributed by atoms with Crippen LogP contribution in [0, 0.1) is 5.92 Å². The summed E-state index contributed by atoms with van der Waals surface area (Å²) in [7, 11) is 0. The number of furan rings is 1. The molecule has 1 aromatic heterocycles. The van der Waals surface area contributed by atoms with Gasteiger partial charge in [-0.25, -0.2) is 0 Å². The van der Waals surface area contributed by atoms with E-state index in [1.54, 1.807) is 13.2 Å².